The van der Waals surface area contributed by atoms with Crippen molar-refractivity contribution in [2.75, 3.05) is 7.11 Å². The Kier molecular flexibility index (Phi) is 7.74. The molecular formula is C22H25FN2O2. The third-order valence-electron chi connectivity index (χ3n) is 4.08. The molecule has 2 rings (SSSR count). The summed E-state index contributed by atoms with van der Waals surface area (Å²) in [4.78, 5) is 5.48. The van der Waals surface area contributed by atoms with Crippen molar-refractivity contribution in [3.8, 4) is 0 Å². The van der Waals surface area contributed by atoms with Gasteiger partial charge in [-0.05, 0) is 25.0 Å². The van der Waals surface area contributed by atoms with Crippen LogP contribution in [0.4, 0.5) is 4.39 Å². The van der Waals surface area contributed by atoms with Crippen LogP contribution in [0, 0.1) is 11.2 Å². The van der Waals surface area contributed by atoms with Crippen LogP contribution in [0.5, 0.6) is 0 Å². The summed E-state index contributed by atoms with van der Waals surface area (Å²) in [5.74, 6) is -0.219. The van der Waals surface area contributed by atoms with E-state index in [1.165, 1.54) is 13.2 Å². The van der Waals surface area contributed by atoms with Gasteiger partial charge in [-0.25, -0.2) is 4.39 Å². The topological polar surface area (TPSA) is 54.7 Å². The Morgan fingerprint density at radius 2 is 1.78 bits per heavy atom. The molecule has 0 radical (unpaired) electrons. The number of allylic oxidation sites excluding steroid dienone is 1. The molecule has 0 fully saturated rings. The molecule has 0 saturated carbocycles. The minimum absolute atomic E-state index is 0.113. The van der Waals surface area contributed by atoms with Crippen molar-refractivity contribution < 1.29 is 14.0 Å². The van der Waals surface area contributed by atoms with Crippen molar-refractivity contribution in [2.24, 2.45) is 5.16 Å². The van der Waals surface area contributed by atoms with Gasteiger partial charge in [-0.15, -0.1) is 0 Å². The summed E-state index contributed by atoms with van der Waals surface area (Å²) >= 11 is 0. The van der Waals surface area contributed by atoms with Crippen LogP contribution in [0.15, 0.2) is 59.8 Å². The van der Waals surface area contributed by atoms with Gasteiger partial charge in [-0.2, -0.15) is 0 Å². The van der Waals surface area contributed by atoms with Crippen LogP contribution in [0.25, 0.3) is 5.57 Å². The van der Waals surface area contributed by atoms with E-state index in [2.05, 4.69) is 12.1 Å². The number of methoxy groups -OCH3 is 1. The number of nitrogens with zero attached hydrogens (tertiary/aromatic N) is 1. The molecule has 5 heteroatoms. The number of oxime groups is 1. The third-order valence-corrected chi connectivity index (χ3v) is 4.08. The van der Waals surface area contributed by atoms with E-state index in [1.807, 2.05) is 30.3 Å². The van der Waals surface area contributed by atoms with Crippen LogP contribution in [0.3, 0.4) is 0 Å². The molecule has 2 aromatic rings. The largest absolute Gasteiger partial charge is 0.481 e. The van der Waals surface area contributed by atoms with Crippen molar-refractivity contribution in [1.82, 2.24) is 0 Å². The second-order valence-corrected chi connectivity index (χ2v) is 6.03. The Balaban J connectivity index is 2.21. The van der Waals surface area contributed by atoms with Crippen molar-refractivity contribution >= 4 is 17.2 Å². The first-order valence-corrected chi connectivity index (χ1v) is 8.91. The number of hydrogen-bond donors (Lipinski definition) is 1. The number of unbranched alkanes of at least 4 members (excludes halogenated alkanes) is 1. The van der Waals surface area contributed by atoms with E-state index >= 15 is 0 Å². The Morgan fingerprint density at radius 3 is 2.44 bits per heavy atom. The molecule has 0 atom stereocenters. The molecule has 4 nitrogen and oxygen atoms in total. The van der Waals surface area contributed by atoms with E-state index in [1.54, 1.807) is 25.1 Å². The van der Waals surface area contributed by atoms with Gasteiger partial charge in [0, 0.05) is 16.7 Å². The molecule has 0 aliphatic carbocycles. The molecule has 0 saturated heterocycles. The average molecular weight is 368 g/mol. The summed E-state index contributed by atoms with van der Waals surface area (Å²) in [5, 5.41) is 12.1. The Morgan fingerprint density at radius 1 is 1.11 bits per heavy atom. The second-order valence-electron chi connectivity index (χ2n) is 6.03. The van der Waals surface area contributed by atoms with E-state index < -0.39 is 0 Å². The van der Waals surface area contributed by atoms with Crippen molar-refractivity contribution in [3.05, 3.63) is 77.1 Å². The lowest BCUT2D eigenvalue weighted by molar-refractivity contribution is 0.130. The molecule has 0 amide bonds. The first kappa shape index (κ1) is 20.4. The zero-order valence-corrected chi connectivity index (χ0v) is 16.0. The molecule has 0 heterocycles. The van der Waals surface area contributed by atoms with Crippen molar-refractivity contribution in [2.45, 2.75) is 33.3 Å². The summed E-state index contributed by atoms with van der Waals surface area (Å²) in [5.41, 5.74) is 3.36. The van der Waals surface area contributed by atoms with Gasteiger partial charge >= 0.3 is 0 Å². The highest BCUT2D eigenvalue weighted by molar-refractivity contribution is 6.18. The molecule has 0 aliphatic heterocycles. The minimum atomic E-state index is -0.332. The lowest BCUT2D eigenvalue weighted by Gasteiger charge is -2.13. The van der Waals surface area contributed by atoms with Crippen LogP contribution in [0.1, 0.15) is 43.4 Å². The zero-order valence-electron chi connectivity index (χ0n) is 16.0. The molecule has 142 valence electrons. The van der Waals surface area contributed by atoms with Crippen LogP contribution in [-0.2, 0) is 16.2 Å². The highest BCUT2D eigenvalue weighted by atomic mass is 19.1. The van der Waals surface area contributed by atoms with E-state index in [-0.39, 0.29) is 18.3 Å². The number of benzene rings is 2. The first-order chi connectivity index (χ1) is 13.1. The molecular weight excluding hydrogens is 343 g/mol. The standard InChI is InChI=1S/C22H25FN2O2/c1-4-5-11-20(22(24)26-3)19-13-7-6-10-17(19)15-27-25-16(2)18-12-8-9-14-21(18)23/h6-14,24H,4-5,15H2,1-3H3/b20-11-,24-22?,25-16+. The second kappa shape index (κ2) is 10.3. The Labute approximate surface area is 159 Å². The number of hydrogen-bond acceptors (Lipinski definition) is 4. The highest BCUT2D eigenvalue weighted by Crippen LogP contribution is 2.23. The number of rotatable bonds is 8. The van der Waals surface area contributed by atoms with Gasteiger partial charge in [-0.3, -0.25) is 5.41 Å². The van der Waals surface area contributed by atoms with Gasteiger partial charge in [0.05, 0.1) is 12.8 Å². The average Bonchev–Trinajstić information content (AvgIpc) is 2.69. The summed E-state index contributed by atoms with van der Waals surface area (Å²) in [6.45, 7) is 4.00. The SMILES string of the molecule is CCC/C=C(\C(=N)OC)c1ccccc1CO/N=C(\C)c1ccccc1F. The van der Waals surface area contributed by atoms with E-state index in [9.17, 15) is 4.39 Å². The molecule has 0 aliphatic rings. The maximum Gasteiger partial charge on any atom is 0.213 e. The van der Waals surface area contributed by atoms with E-state index in [4.69, 9.17) is 15.0 Å². The van der Waals surface area contributed by atoms with Crippen LogP contribution in [-0.4, -0.2) is 18.7 Å². The third kappa shape index (κ3) is 5.51. The molecule has 27 heavy (non-hydrogen) atoms. The smallest absolute Gasteiger partial charge is 0.213 e. The van der Waals surface area contributed by atoms with Crippen molar-refractivity contribution in [3.63, 3.8) is 0 Å². The Hall–Kier alpha value is -2.95. The molecule has 0 aromatic heterocycles. The summed E-state index contributed by atoms with van der Waals surface area (Å²) in [7, 11) is 1.49. The number of nitrogens with one attached hydrogen (secondary N) is 1. The fourth-order valence-corrected chi connectivity index (χ4v) is 2.63. The van der Waals surface area contributed by atoms with Crippen LogP contribution >= 0.6 is 0 Å². The summed E-state index contributed by atoms with van der Waals surface area (Å²) in [6, 6.07) is 14.1. The van der Waals surface area contributed by atoms with Crippen LogP contribution < -0.4 is 0 Å². The van der Waals surface area contributed by atoms with Crippen molar-refractivity contribution in [1.29, 1.82) is 5.41 Å². The fraction of sp³-hybridized carbons (Fsp3) is 0.273. The fourth-order valence-electron chi connectivity index (χ4n) is 2.63. The van der Waals surface area contributed by atoms with E-state index in [0.29, 0.717) is 11.3 Å². The van der Waals surface area contributed by atoms with Gasteiger partial charge in [0.2, 0.25) is 5.90 Å². The molecule has 0 unspecified atom stereocenters. The number of halogens is 1. The quantitative estimate of drug-likeness (QED) is 0.376. The molecule has 0 spiro atoms. The van der Waals surface area contributed by atoms with Crippen LogP contribution in [0.2, 0.25) is 0 Å². The summed E-state index contributed by atoms with van der Waals surface area (Å²) in [6.07, 6.45) is 3.82. The maximum atomic E-state index is 13.8. The highest BCUT2D eigenvalue weighted by Gasteiger charge is 2.13. The maximum absolute atomic E-state index is 13.8. The van der Waals surface area contributed by atoms with Gasteiger partial charge < -0.3 is 9.57 Å². The molecule has 2 aromatic carbocycles. The Bertz CT molecular complexity index is 844. The lowest BCUT2D eigenvalue weighted by Crippen LogP contribution is -2.06. The van der Waals surface area contributed by atoms with Gasteiger partial charge in [-0.1, -0.05) is 67.0 Å². The van der Waals surface area contributed by atoms with E-state index in [0.717, 1.165) is 29.5 Å². The summed E-state index contributed by atoms with van der Waals surface area (Å²) < 4.78 is 19.0. The lowest BCUT2D eigenvalue weighted by atomic mass is 9.98. The molecule has 1 N–H and O–H groups in total. The minimum Gasteiger partial charge on any atom is -0.481 e. The predicted molar refractivity (Wildman–Crippen MR) is 107 cm³/mol. The van der Waals surface area contributed by atoms with Gasteiger partial charge in [0.25, 0.3) is 0 Å². The zero-order chi connectivity index (χ0) is 19.6. The normalized spacial score (nSPS) is 12.0. The van der Waals surface area contributed by atoms with Gasteiger partial charge in [0.1, 0.15) is 12.4 Å². The predicted octanol–water partition coefficient (Wildman–Crippen LogP) is 5.57. The number of ether oxygens (including phenoxy) is 1. The first-order valence-electron chi connectivity index (χ1n) is 8.91. The molecule has 0 bridgehead atoms. The van der Waals surface area contributed by atoms with Gasteiger partial charge in [0.15, 0.2) is 0 Å². The monoisotopic (exact) mass is 368 g/mol.